The number of nitrogens with zero attached hydrogens (tertiary/aromatic N) is 4. The van der Waals surface area contributed by atoms with Gasteiger partial charge in [-0.2, -0.15) is 18.3 Å². The lowest BCUT2D eigenvalue weighted by Crippen LogP contribution is -2.28. The molecule has 1 fully saturated rings. The smallest absolute Gasteiger partial charge is 0.433 e. The van der Waals surface area contributed by atoms with E-state index in [0.717, 1.165) is 16.9 Å². The Kier molecular flexibility index (Phi) is 6.89. The van der Waals surface area contributed by atoms with Crippen molar-refractivity contribution in [2.75, 3.05) is 18.5 Å². The van der Waals surface area contributed by atoms with Crippen LogP contribution in [-0.2, 0) is 10.9 Å². The van der Waals surface area contributed by atoms with Gasteiger partial charge in [0.2, 0.25) is 0 Å². The molecule has 3 aromatic heterocycles. The van der Waals surface area contributed by atoms with Gasteiger partial charge in [-0.25, -0.2) is 14.2 Å². The summed E-state index contributed by atoms with van der Waals surface area (Å²) in [7, 11) is 0. The van der Waals surface area contributed by atoms with Crippen LogP contribution in [-0.4, -0.2) is 43.4 Å². The highest BCUT2D eigenvalue weighted by molar-refractivity contribution is 6.05. The first-order valence-corrected chi connectivity index (χ1v) is 12.1. The highest BCUT2D eigenvalue weighted by Crippen LogP contribution is 2.36. The number of anilines is 1. The molecule has 39 heavy (non-hydrogen) atoms. The van der Waals surface area contributed by atoms with Crippen molar-refractivity contribution in [3.8, 4) is 11.5 Å². The highest BCUT2D eigenvalue weighted by Gasteiger charge is 2.42. The molecule has 5 rings (SSSR count). The van der Waals surface area contributed by atoms with Crippen molar-refractivity contribution in [3.05, 3.63) is 64.2 Å². The number of carbonyl (C=O) groups is 1. The van der Waals surface area contributed by atoms with Gasteiger partial charge in [-0.05, 0) is 38.8 Å². The Bertz CT molecular complexity index is 1580. The minimum Gasteiger partial charge on any atom is -0.452 e. The molecular weight excluding hydrogens is 524 g/mol. The summed E-state index contributed by atoms with van der Waals surface area (Å²) in [4.78, 5) is 31.9. The number of aromatic nitrogens is 5. The summed E-state index contributed by atoms with van der Waals surface area (Å²) in [6.07, 6.45) is -1.61. The predicted molar refractivity (Wildman–Crippen MR) is 131 cm³/mol. The van der Waals surface area contributed by atoms with Gasteiger partial charge in [-0.15, -0.1) is 0 Å². The number of benzene rings is 1. The Morgan fingerprint density at radius 2 is 2.05 bits per heavy atom. The van der Waals surface area contributed by atoms with Gasteiger partial charge in [0.15, 0.2) is 28.7 Å². The first kappa shape index (κ1) is 26.4. The van der Waals surface area contributed by atoms with E-state index in [1.165, 1.54) is 29.0 Å². The molecule has 0 saturated carbocycles. The quantitative estimate of drug-likeness (QED) is 0.326. The van der Waals surface area contributed by atoms with Crippen molar-refractivity contribution in [2.24, 2.45) is 0 Å². The number of nitrogens with one attached hydrogen (secondary N) is 2. The number of hydrogen-bond donors (Lipinski definition) is 2. The van der Waals surface area contributed by atoms with Crippen LogP contribution in [0.4, 0.5) is 23.2 Å². The summed E-state index contributed by atoms with van der Waals surface area (Å²) in [5.74, 6) is -2.05. The number of imidazole rings is 1. The molecule has 0 spiro atoms. The van der Waals surface area contributed by atoms with Crippen molar-refractivity contribution in [3.63, 3.8) is 0 Å². The molecule has 4 heterocycles. The van der Waals surface area contributed by atoms with Gasteiger partial charge in [-0.1, -0.05) is 0 Å². The fourth-order valence-corrected chi connectivity index (χ4v) is 4.58. The minimum absolute atomic E-state index is 0.0539. The summed E-state index contributed by atoms with van der Waals surface area (Å²) >= 11 is 0. The van der Waals surface area contributed by atoms with Crippen LogP contribution >= 0.6 is 0 Å². The van der Waals surface area contributed by atoms with E-state index in [1.54, 1.807) is 13.8 Å². The molecule has 10 nitrogen and oxygen atoms in total. The molecule has 14 heteroatoms. The number of amides is 1. The normalized spacial score (nSPS) is 16.1. The van der Waals surface area contributed by atoms with Crippen LogP contribution in [0.25, 0.3) is 11.2 Å². The molecular formula is C25H24F4N6O4. The Labute approximate surface area is 218 Å². The highest BCUT2D eigenvalue weighted by atomic mass is 19.4. The fourth-order valence-electron chi connectivity index (χ4n) is 4.58. The molecule has 1 amide bonds. The van der Waals surface area contributed by atoms with Crippen molar-refractivity contribution in [1.29, 1.82) is 0 Å². The second-order valence-corrected chi connectivity index (χ2v) is 9.32. The molecule has 0 aliphatic carbocycles. The third-order valence-electron chi connectivity index (χ3n) is 6.29. The number of H-pyrrole nitrogens is 1. The Morgan fingerprint density at radius 3 is 2.72 bits per heavy atom. The summed E-state index contributed by atoms with van der Waals surface area (Å²) in [5, 5.41) is 6.12. The molecule has 1 saturated heterocycles. The van der Waals surface area contributed by atoms with E-state index in [-0.39, 0.29) is 35.5 Å². The molecule has 1 unspecified atom stereocenters. The molecule has 1 atom stereocenters. The maximum Gasteiger partial charge on any atom is 0.433 e. The molecule has 4 aromatic rings. The lowest BCUT2D eigenvalue weighted by Gasteiger charge is -2.25. The Hall–Kier alpha value is -4.20. The van der Waals surface area contributed by atoms with Crippen LogP contribution in [0.5, 0.6) is 11.5 Å². The zero-order valence-electron chi connectivity index (χ0n) is 20.9. The van der Waals surface area contributed by atoms with E-state index in [9.17, 15) is 27.2 Å². The fraction of sp³-hybridized carbons (Fsp3) is 0.360. The van der Waals surface area contributed by atoms with E-state index in [1.807, 2.05) is 0 Å². The van der Waals surface area contributed by atoms with Crippen molar-refractivity contribution in [2.45, 2.75) is 44.9 Å². The number of hydrogen-bond acceptors (Lipinski definition) is 6. The SMILES string of the molecule is CC(C)n1c(=O)[nH]c2nccc(Oc3ccc(NC(=O)c4cnn(C5CCCOC5)c4C(F)(F)F)cc3F)c21. The molecule has 1 aliphatic rings. The van der Waals surface area contributed by atoms with Crippen LogP contribution < -0.4 is 15.7 Å². The molecule has 0 bridgehead atoms. The van der Waals surface area contributed by atoms with Gasteiger partial charge in [0.1, 0.15) is 5.52 Å². The monoisotopic (exact) mass is 548 g/mol. The average molecular weight is 548 g/mol. The minimum atomic E-state index is -4.85. The van der Waals surface area contributed by atoms with E-state index < -0.39 is 40.9 Å². The number of rotatable bonds is 6. The molecule has 0 radical (unpaired) electrons. The molecule has 206 valence electrons. The van der Waals surface area contributed by atoms with Crippen LogP contribution in [0.1, 0.15) is 54.8 Å². The van der Waals surface area contributed by atoms with Gasteiger partial charge in [0, 0.05) is 36.7 Å². The first-order chi connectivity index (χ1) is 18.5. The topological polar surface area (TPSA) is 116 Å². The zero-order valence-corrected chi connectivity index (χ0v) is 20.9. The van der Waals surface area contributed by atoms with E-state index in [0.29, 0.717) is 25.0 Å². The number of halogens is 4. The standard InChI is InChI=1S/C25H24F4N6O4/c1-13(2)34-20-19(7-8-30-22(20)33-24(34)37)39-18-6-5-14(10-17(18)26)32-23(36)16-11-31-35(21(16)25(27,28)29)15-4-3-9-38-12-15/h5-8,10-11,13,15H,3-4,9,12H2,1-2H3,(H,32,36)(H,30,33,37). The van der Waals surface area contributed by atoms with Crippen molar-refractivity contribution >= 4 is 22.8 Å². The third-order valence-corrected chi connectivity index (χ3v) is 6.29. The summed E-state index contributed by atoms with van der Waals surface area (Å²) in [6.45, 7) is 4.09. The van der Waals surface area contributed by atoms with E-state index >= 15 is 0 Å². The number of ether oxygens (including phenoxy) is 2. The van der Waals surface area contributed by atoms with Crippen LogP contribution in [0.2, 0.25) is 0 Å². The first-order valence-electron chi connectivity index (χ1n) is 12.1. The zero-order chi connectivity index (χ0) is 27.9. The van der Waals surface area contributed by atoms with Crippen molar-refractivity contribution < 1.29 is 31.8 Å². The van der Waals surface area contributed by atoms with Gasteiger partial charge in [-0.3, -0.25) is 19.0 Å². The van der Waals surface area contributed by atoms with Crippen LogP contribution in [0.3, 0.4) is 0 Å². The van der Waals surface area contributed by atoms with Gasteiger partial charge in [0.25, 0.3) is 5.91 Å². The predicted octanol–water partition coefficient (Wildman–Crippen LogP) is 5.06. The second kappa shape index (κ2) is 10.2. The van der Waals surface area contributed by atoms with E-state index in [2.05, 4.69) is 20.4 Å². The number of aromatic amines is 1. The molecule has 1 aromatic carbocycles. The number of fused-ring (bicyclic) bond motifs is 1. The van der Waals surface area contributed by atoms with Crippen molar-refractivity contribution in [1.82, 2.24) is 24.3 Å². The number of pyridine rings is 1. The average Bonchev–Trinajstić information content (AvgIpc) is 3.48. The molecule has 2 N–H and O–H groups in total. The van der Waals surface area contributed by atoms with Gasteiger partial charge < -0.3 is 14.8 Å². The lowest BCUT2D eigenvalue weighted by atomic mass is 10.1. The maximum atomic E-state index is 15.0. The number of carbonyl (C=O) groups excluding carboxylic acids is 1. The summed E-state index contributed by atoms with van der Waals surface area (Å²) < 4.78 is 70.0. The van der Waals surface area contributed by atoms with Crippen LogP contribution in [0, 0.1) is 5.82 Å². The Balaban J connectivity index is 1.40. The number of alkyl halides is 3. The summed E-state index contributed by atoms with van der Waals surface area (Å²) in [5.41, 5.74) is -1.77. The molecule has 1 aliphatic heterocycles. The maximum absolute atomic E-state index is 15.0. The van der Waals surface area contributed by atoms with Gasteiger partial charge in [0.05, 0.1) is 24.4 Å². The summed E-state index contributed by atoms with van der Waals surface area (Å²) in [6, 6.07) is 4.00. The largest absolute Gasteiger partial charge is 0.452 e. The van der Waals surface area contributed by atoms with Crippen LogP contribution in [0.15, 0.2) is 41.5 Å². The third kappa shape index (κ3) is 5.11. The lowest BCUT2D eigenvalue weighted by molar-refractivity contribution is -0.146. The van der Waals surface area contributed by atoms with E-state index in [4.69, 9.17) is 9.47 Å². The second-order valence-electron chi connectivity index (χ2n) is 9.32. The Morgan fingerprint density at radius 1 is 1.26 bits per heavy atom. The van der Waals surface area contributed by atoms with Gasteiger partial charge >= 0.3 is 11.9 Å².